The van der Waals surface area contributed by atoms with E-state index in [1.165, 1.54) is 7.11 Å². The van der Waals surface area contributed by atoms with Gasteiger partial charge in [0, 0.05) is 39.1 Å². The number of carbonyl (C=O) groups excluding carboxylic acids is 2. The van der Waals surface area contributed by atoms with Crippen LogP contribution in [0.5, 0.6) is 0 Å². The minimum atomic E-state index is -0.211. The lowest BCUT2D eigenvalue weighted by Crippen LogP contribution is -2.42. The summed E-state index contributed by atoms with van der Waals surface area (Å²) in [6, 6.07) is 7.51. The minimum absolute atomic E-state index is 0.0102. The summed E-state index contributed by atoms with van der Waals surface area (Å²) < 4.78 is 11.9. The molecule has 0 radical (unpaired) electrons. The first-order valence-electron chi connectivity index (χ1n) is 10.8. The van der Waals surface area contributed by atoms with Crippen LogP contribution in [0, 0.1) is 5.92 Å². The van der Waals surface area contributed by atoms with Gasteiger partial charge in [-0.25, -0.2) is 4.98 Å². The van der Waals surface area contributed by atoms with Crippen molar-refractivity contribution in [2.24, 2.45) is 5.92 Å². The molecule has 1 amide bonds. The number of methoxy groups -OCH3 is 1. The van der Waals surface area contributed by atoms with E-state index in [4.69, 9.17) is 9.47 Å². The average molecular weight is 428 g/mol. The summed E-state index contributed by atoms with van der Waals surface area (Å²) in [5.74, 6) is 0.0480. The molecule has 166 valence electrons. The van der Waals surface area contributed by atoms with Crippen LogP contribution in [0.15, 0.2) is 29.1 Å². The lowest BCUT2D eigenvalue weighted by atomic mass is 9.97. The van der Waals surface area contributed by atoms with Crippen molar-refractivity contribution in [1.82, 2.24) is 14.5 Å². The molecule has 0 atom stereocenters. The summed E-state index contributed by atoms with van der Waals surface area (Å²) in [5.41, 5.74) is 1.27. The van der Waals surface area contributed by atoms with E-state index in [-0.39, 0.29) is 36.3 Å². The average Bonchev–Trinajstić information content (AvgIpc) is 2.83. The minimum Gasteiger partial charge on any atom is -0.469 e. The first kappa shape index (κ1) is 21.3. The number of piperidine rings is 1. The number of para-hydroxylation sites is 2. The third-order valence-electron chi connectivity index (χ3n) is 6.08. The summed E-state index contributed by atoms with van der Waals surface area (Å²) in [7, 11) is 1.39. The van der Waals surface area contributed by atoms with Crippen molar-refractivity contribution in [1.29, 1.82) is 0 Å². The topological polar surface area (TPSA) is 94.0 Å². The molecule has 2 aromatic rings. The van der Waals surface area contributed by atoms with E-state index in [0.29, 0.717) is 58.1 Å². The number of hydrogen-bond donors (Lipinski definition) is 0. The zero-order valence-electron chi connectivity index (χ0n) is 17.8. The van der Waals surface area contributed by atoms with Crippen LogP contribution in [0.2, 0.25) is 0 Å². The number of carbonyl (C=O) groups is 2. The van der Waals surface area contributed by atoms with Crippen molar-refractivity contribution in [3.05, 3.63) is 34.6 Å². The van der Waals surface area contributed by atoms with Crippen molar-refractivity contribution in [3.8, 4) is 0 Å². The number of ether oxygens (including phenoxy) is 2. The summed E-state index contributed by atoms with van der Waals surface area (Å²) >= 11 is 0. The molecule has 2 aliphatic rings. The third kappa shape index (κ3) is 4.56. The quantitative estimate of drug-likeness (QED) is 0.657. The van der Waals surface area contributed by atoms with E-state index in [0.717, 1.165) is 11.0 Å². The molecule has 2 fully saturated rings. The van der Waals surface area contributed by atoms with Gasteiger partial charge in [0.15, 0.2) is 5.82 Å². The Balaban J connectivity index is 1.50. The number of anilines is 1. The third-order valence-corrected chi connectivity index (χ3v) is 6.08. The highest BCUT2D eigenvalue weighted by Crippen LogP contribution is 2.20. The van der Waals surface area contributed by atoms with Gasteiger partial charge < -0.3 is 23.8 Å². The zero-order chi connectivity index (χ0) is 21.8. The molecular formula is C22H28N4O5. The summed E-state index contributed by atoms with van der Waals surface area (Å²) in [5, 5.41) is 0. The molecule has 2 aliphatic heterocycles. The van der Waals surface area contributed by atoms with E-state index in [2.05, 4.69) is 4.98 Å². The smallest absolute Gasteiger partial charge is 0.308 e. The van der Waals surface area contributed by atoms with Crippen LogP contribution < -0.4 is 10.5 Å². The van der Waals surface area contributed by atoms with E-state index >= 15 is 0 Å². The van der Waals surface area contributed by atoms with Crippen LogP contribution in [-0.4, -0.2) is 72.8 Å². The molecule has 2 saturated heterocycles. The van der Waals surface area contributed by atoms with Crippen LogP contribution in [0.1, 0.15) is 19.3 Å². The van der Waals surface area contributed by atoms with E-state index in [1.54, 1.807) is 9.47 Å². The SMILES string of the molecule is COC(=O)C1CCN(C(=O)CCn2c(=O)c(N3CCOCC3)nc3ccccc32)CC1. The summed E-state index contributed by atoms with van der Waals surface area (Å²) in [6.07, 6.45) is 1.44. The van der Waals surface area contributed by atoms with E-state index in [1.807, 2.05) is 29.2 Å². The van der Waals surface area contributed by atoms with Gasteiger partial charge in [0.1, 0.15) is 0 Å². The molecule has 0 unspecified atom stereocenters. The second-order valence-electron chi connectivity index (χ2n) is 7.91. The summed E-state index contributed by atoms with van der Waals surface area (Å²) in [6.45, 7) is 3.72. The number of likely N-dealkylation sites (tertiary alicyclic amines) is 1. The number of amides is 1. The van der Waals surface area contributed by atoms with Crippen LogP contribution in [0.3, 0.4) is 0 Å². The Bertz CT molecular complexity index is 1010. The predicted molar refractivity (Wildman–Crippen MR) is 115 cm³/mol. The van der Waals surface area contributed by atoms with Crippen LogP contribution in [0.25, 0.3) is 11.0 Å². The normalized spacial score (nSPS) is 17.7. The standard InChI is InChI=1S/C22H28N4O5/c1-30-22(29)16-6-9-24(10-7-16)19(27)8-11-26-18-5-3-2-4-17(18)23-20(21(26)28)25-12-14-31-15-13-25/h2-5,16H,6-15H2,1H3. The summed E-state index contributed by atoms with van der Waals surface area (Å²) in [4.78, 5) is 46.1. The maximum absolute atomic E-state index is 13.3. The van der Waals surface area contributed by atoms with Gasteiger partial charge >= 0.3 is 5.97 Å². The molecule has 0 spiro atoms. The molecule has 0 saturated carbocycles. The van der Waals surface area contributed by atoms with E-state index in [9.17, 15) is 14.4 Å². The first-order valence-corrected chi connectivity index (χ1v) is 10.8. The molecule has 31 heavy (non-hydrogen) atoms. The first-order chi connectivity index (χ1) is 15.1. The highest BCUT2D eigenvalue weighted by molar-refractivity contribution is 5.79. The molecule has 1 aromatic carbocycles. The Hall–Kier alpha value is -2.94. The number of benzene rings is 1. The Morgan fingerprint density at radius 2 is 1.84 bits per heavy atom. The molecule has 9 nitrogen and oxygen atoms in total. The number of esters is 1. The van der Waals surface area contributed by atoms with Gasteiger partial charge in [-0.15, -0.1) is 0 Å². The molecule has 1 aromatic heterocycles. The van der Waals surface area contributed by atoms with Crippen molar-refractivity contribution in [3.63, 3.8) is 0 Å². The molecular weight excluding hydrogens is 400 g/mol. The van der Waals surface area contributed by atoms with Gasteiger partial charge in [0.05, 0.1) is 37.3 Å². The van der Waals surface area contributed by atoms with E-state index < -0.39 is 0 Å². The van der Waals surface area contributed by atoms with Crippen molar-refractivity contribution in [2.75, 3.05) is 51.4 Å². The highest BCUT2D eigenvalue weighted by Gasteiger charge is 2.28. The second-order valence-corrected chi connectivity index (χ2v) is 7.91. The zero-order valence-corrected chi connectivity index (χ0v) is 17.8. The van der Waals surface area contributed by atoms with Crippen molar-refractivity contribution >= 4 is 28.7 Å². The number of hydrogen-bond acceptors (Lipinski definition) is 7. The van der Waals surface area contributed by atoms with Crippen LogP contribution >= 0.6 is 0 Å². The van der Waals surface area contributed by atoms with Crippen LogP contribution in [0.4, 0.5) is 5.82 Å². The lowest BCUT2D eigenvalue weighted by molar-refractivity contribution is -0.148. The molecule has 9 heteroatoms. The fraction of sp³-hybridized carbons (Fsp3) is 0.545. The lowest BCUT2D eigenvalue weighted by Gasteiger charge is -2.31. The van der Waals surface area contributed by atoms with Gasteiger partial charge in [-0.2, -0.15) is 0 Å². The Kier molecular flexibility index (Phi) is 6.50. The van der Waals surface area contributed by atoms with Crippen LogP contribution in [-0.2, 0) is 25.6 Å². The molecule has 0 N–H and O–H groups in total. The monoisotopic (exact) mass is 428 g/mol. The van der Waals surface area contributed by atoms with Gasteiger partial charge in [-0.1, -0.05) is 12.1 Å². The number of aromatic nitrogens is 2. The molecule has 3 heterocycles. The number of fused-ring (bicyclic) bond motifs is 1. The molecule has 0 aliphatic carbocycles. The maximum atomic E-state index is 13.3. The van der Waals surface area contributed by atoms with Gasteiger partial charge in [0.25, 0.3) is 5.56 Å². The largest absolute Gasteiger partial charge is 0.469 e. The second kappa shape index (κ2) is 9.47. The maximum Gasteiger partial charge on any atom is 0.308 e. The Morgan fingerprint density at radius 1 is 1.13 bits per heavy atom. The predicted octanol–water partition coefficient (Wildman–Crippen LogP) is 1.03. The van der Waals surface area contributed by atoms with Gasteiger partial charge in [-0.05, 0) is 25.0 Å². The van der Waals surface area contributed by atoms with Crippen molar-refractivity contribution in [2.45, 2.75) is 25.8 Å². The number of rotatable bonds is 5. The Morgan fingerprint density at radius 3 is 2.55 bits per heavy atom. The number of morpholine rings is 1. The molecule has 0 bridgehead atoms. The number of aryl methyl sites for hydroxylation is 1. The van der Waals surface area contributed by atoms with Gasteiger partial charge in [-0.3, -0.25) is 14.4 Å². The fourth-order valence-corrected chi connectivity index (χ4v) is 4.28. The Labute approximate surface area is 180 Å². The fourth-order valence-electron chi connectivity index (χ4n) is 4.28. The molecule has 4 rings (SSSR count). The number of nitrogens with zero attached hydrogens (tertiary/aromatic N) is 4. The highest BCUT2D eigenvalue weighted by atomic mass is 16.5. The van der Waals surface area contributed by atoms with Gasteiger partial charge in [0.2, 0.25) is 5.91 Å². The van der Waals surface area contributed by atoms with Crippen molar-refractivity contribution < 1.29 is 19.1 Å².